The molecule has 0 radical (unpaired) electrons. The smallest absolute Gasteiger partial charge is 0.225 e. The number of aryl methyl sites for hydroxylation is 3. The summed E-state index contributed by atoms with van der Waals surface area (Å²) in [6.07, 6.45) is 0.348. The number of aromatic nitrogens is 4. The predicted octanol–water partition coefficient (Wildman–Crippen LogP) is 1.50. The van der Waals surface area contributed by atoms with E-state index in [1.54, 1.807) is 0 Å². The molecule has 1 fully saturated rings. The Morgan fingerprint density at radius 3 is 2.83 bits per heavy atom. The van der Waals surface area contributed by atoms with E-state index in [1.807, 2.05) is 32.6 Å². The lowest BCUT2D eigenvalue weighted by Crippen LogP contribution is -2.45. The molecule has 0 spiro atoms. The van der Waals surface area contributed by atoms with Gasteiger partial charge in [-0.25, -0.2) is 4.98 Å². The summed E-state index contributed by atoms with van der Waals surface area (Å²) in [5.74, 6) is 2.08. The third kappa shape index (κ3) is 3.33. The summed E-state index contributed by atoms with van der Waals surface area (Å²) in [4.78, 5) is 18.9. The van der Waals surface area contributed by atoms with Crippen LogP contribution in [-0.4, -0.2) is 50.8 Å². The molecule has 1 aliphatic heterocycles. The SMILES string of the molecule is Cc1nc([C@@H]2CN(C(=O)[C@@H](C)Cc3c(C)noc3C)CCO2)n[nH]1. The molecule has 0 bridgehead atoms. The molecule has 0 unspecified atom stereocenters. The summed E-state index contributed by atoms with van der Waals surface area (Å²) in [7, 11) is 0. The van der Waals surface area contributed by atoms with Crippen molar-refractivity contribution in [1.29, 1.82) is 0 Å². The summed E-state index contributed by atoms with van der Waals surface area (Å²) in [6.45, 7) is 9.11. The molecule has 3 rings (SSSR count). The van der Waals surface area contributed by atoms with Crippen molar-refractivity contribution in [2.45, 2.75) is 40.2 Å². The zero-order valence-electron chi connectivity index (χ0n) is 14.5. The number of ether oxygens (including phenoxy) is 1. The number of amides is 1. The number of nitrogens with one attached hydrogen (secondary N) is 1. The third-order valence-electron chi connectivity index (χ3n) is 4.39. The van der Waals surface area contributed by atoms with Crippen molar-refractivity contribution in [1.82, 2.24) is 25.2 Å². The first-order valence-electron chi connectivity index (χ1n) is 8.16. The fourth-order valence-electron chi connectivity index (χ4n) is 3.01. The Labute approximate surface area is 140 Å². The first kappa shape index (κ1) is 16.6. The molecule has 2 aromatic rings. The molecular formula is C16H23N5O3. The van der Waals surface area contributed by atoms with Crippen LogP contribution in [0.5, 0.6) is 0 Å². The maximum absolute atomic E-state index is 12.8. The molecule has 1 aliphatic rings. The highest BCUT2D eigenvalue weighted by molar-refractivity contribution is 5.79. The van der Waals surface area contributed by atoms with E-state index in [1.165, 1.54) is 0 Å². The zero-order chi connectivity index (χ0) is 17.3. The molecule has 1 amide bonds. The number of nitrogens with zero attached hydrogens (tertiary/aromatic N) is 4. The molecule has 1 N–H and O–H groups in total. The minimum absolute atomic E-state index is 0.107. The minimum Gasteiger partial charge on any atom is -0.366 e. The Morgan fingerprint density at radius 1 is 1.42 bits per heavy atom. The van der Waals surface area contributed by atoms with Crippen LogP contribution < -0.4 is 0 Å². The maximum atomic E-state index is 12.8. The van der Waals surface area contributed by atoms with Crippen molar-refractivity contribution >= 4 is 5.91 Å². The highest BCUT2D eigenvalue weighted by Gasteiger charge is 2.30. The van der Waals surface area contributed by atoms with E-state index in [2.05, 4.69) is 20.3 Å². The van der Waals surface area contributed by atoms with Gasteiger partial charge in [0, 0.05) is 18.0 Å². The van der Waals surface area contributed by atoms with Crippen LogP contribution in [0, 0.1) is 26.7 Å². The molecular weight excluding hydrogens is 310 g/mol. The predicted molar refractivity (Wildman–Crippen MR) is 85.2 cm³/mol. The van der Waals surface area contributed by atoms with Crippen molar-refractivity contribution in [3.63, 3.8) is 0 Å². The van der Waals surface area contributed by atoms with Crippen molar-refractivity contribution < 1.29 is 14.1 Å². The molecule has 2 atom stereocenters. The van der Waals surface area contributed by atoms with Crippen molar-refractivity contribution in [2.75, 3.05) is 19.7 Å². The van der Waals surface area contributed by atoms with Gasteiger partial charge in [-0.1, -0.05) is 12.1 Å². The Kier molecular flexibility index (Phi) is 4.66. The Balaban J connectivity index is 1.65. The van der Waals surface area contributed by atoms with Gasteiger partial charge in [0.15, 0.2) is 5.82 Å². The van der Waals surface area contributed by atoms with E-state index in [9.17, 15) is 4.79 Å². The van der Waals surface area contributed by atoms with Crippen LogP contribution in [0.3, 0.4) is 0 Å². The van der Waals surface area contributed by atoms with Crippen LogP contribution in [-0.2, 0) is 16.0 Å². The van der Waals surface area contributed by atoms with Gasteiger partial charge in [0.05, 0.1) is 18.8 Å². The molecule has 0 saturated carbocycles. The zero-order valence-corrected chi connectivity index (χ0v) is 14.5. The lowest BCUT2D eigenvalue weighted by atomic mass is 9.98. The molecule has 8 heteroatoms. The van der Waals surface area contributed by atoms with E-state index < -0.39 is 0 Å². The van der Waals surface area contributed by atoms with Crippen LogP contribution in [0.1, 0.15) is 41.7 Å². The lowest BCUT2D eigenvalue weighted by molar-refractivity contribution is -0.143. The Bertz CT molecular complexity index is 704. The van der Waals surface area contributed by atoms with Crippen LogP contribution in [0.25, 0.3) is 0 Å². The van der Waals surface area contributed by atoms with E-state index in [-0.39, 0.29) is 17.9 Å². The summed E-state index contributed by atoms with van der Waals surface area (Å²) < 4.78 is 10.9. The number of carbonyl (C=O) groups excluding carboxylic acids is 1. The molecule has 0 aliphatic carbocycles. The van der Waals surface area contributed by atoms with Crippen molar-refractivity contribution in [3.8, 4) is 0 Å². The van der Waals surface area contributed by atoms with Crippen LogP contribution in [0.4, 0.5) is 0 Å². The summed E-state index contributed by atoms with van der Waals surface area (Å²) in [6, 6.07) is 0. The minimum atomic E-state index is -0.279. The first-order chi connectivity index (χ1) is 11.5. The topological polar surface area (TPSA) is 97.1 Å². The fourth-order valence-corrected chi connectivity index (χ4v) is 3.01. The molecule has 3 heterocycles. The third-order valence-corrected chi connectivity index (χ3v) is 4.39. The maximum Gasteiger partial charge on any atom is 0.225 e. The molecule has 2 aromatic heterocycles. The number of carbonyl (C=O) groups is 1. The van der Waals surface area contributed by atoms with Gasteiger partial charge in [0.25, 0.3) is 0 Å². The standard InChI is InChI=1S/C16H23N5O3/c1-9(7-13-10(2)20-24-11(13)3)16(22)21-5-6-23-14(8-21)15-17-12(4)18-19-15/h9,14H,5-8H2,1-4H3,(H,17,18,19)/t9-,14-/m0/s1. The number of hydrogen-bond acceptors (Lipinski definition) is 6. The summed E-state index contributed by atoms with van der Waals surface area (Å²) in [5.41, 5.74) is 1.87. The van der Waals surface area contributed by atoms with Crippen molar-refractivity contribution in [2.24, 2.45) is 5.92 Å². The number of morpholine rings is 1. The van der Waals surface area contributed by atoms with E-state index >= 15 is 0 Å². The Hall–Kier alpha value is -2.22. The van der Waals surface area contributed by atoms with Gasteiger partial charge < -0.3 is 14.2 Å². The van der Waals surface area contributed by atoms with Crippen LogP contribution in [0.2, 0.25) is 0 Å². The average molecular weight is 333 g/mol. The van der Waals surface area contributed by atoms with Gasteiger partial charge in [-0.05, 0) is 27.2 Å². The van der Waals surface area contributed by atoms with Gasteiger partial charge in [0.2, 0.25) is 5.91 Å². The van der Waals surface area contributed by atoms with E-state index in [0.29, 0.717) is 31.9 Å². The molecule has 1 saturated heterocycles. The van der Waals surface area contributed by atoms with Gasteiger partial charge >= 0.3 is 0 Å². The number of H-pyrrole nitrogens is 1. The van der Waals surface area contributed by atoms with Gasteiger partial charge in [-0.2, -0.15) is 5.10 Å². The van der Waals surface area contributed by atoms with Crippen molar-refractivity contribution in [3.05, 3.63) is 28.7 Å². The Morgan fingerprint density at radius 2 is 2.21 bits per heavy atom. The van der Waals surface area contributed by atoms with Gasteiger partial charge in [-0.3, -0.25) is 9.89 Å². The van der Waals surface area contributed by atoms with Crippen LogP contribution in [0.15, 0.2) is 4.52 Å². The molecule has 0 aromatic carbocycles. The second kappa shape index (κ2) is 6.72. The summed E-state index contributed by atoms with van der Waals surface area (Å²) >= 11 is 0. The number of aromatic amines is 1. The molecule has 24 heavy (non-hydrogen) atoms. The number of rotatable bonds is 4. The van der Waals surface area contributed by atoms with E-state index in [4.69, 9.17) is 9.26 Å². The number of hydrogen-bond donors (Lipinski definition) is 1. The van der Waals surface area contributed by atoms with Gasteiger partial charge in [0.1, 0.15) is 17.7 Å². The average Bonchev–Trinajstić information content (AvgIpc) is 3.15. The summed E-state index contributed by atoms with van der Waals surface area (Å²) in [5, 5.41) is 10.9. The quantitative estimate of drug-likeness (QED) is 0.910. The monoisotopic (exact) mass is 333 g/mol. The highest BCUT2D eigenvalue weighted by atomic mass is 16.5. The largest absolute Gasteiger partial charge is 0.366 e. The normalized spacial score (nSPS) is 19.5. The second-order valence-electron chi connectivity index (χ2n) is 6.33. The van der Waals surface area contributed by atoms with E-state index in [0.717, 1.165) is 22.8 Å². The first-order valence-corrected chi connectivity index (χ1v) is 8.16. The second-order valence-corrected chi connectivity index (χ2v) is 6.33. The molecule has 8 nitrogen and oxygen atoms in total. The molecule has 130 valence electrons. The van der Waals surface area contributed by atoms with Crippen LogP contribution >= 0.6 is 0 Å². The highest BCUT2D eigenvalue weighted by Crippen LogP contribution is 2.23. The fraction of sp³-hybridized carbons (Fsp3) is 0.625. The lowest BCUT2D eigenvalue weighted by Gasteiger charge is -2.33. The van der Waals surface area contributed by atoms with Gasteiger partial charge in [-0.15, -0.1) is 0 Å².